The van der Waals surface area contributed by atoms with Gasteiger partial charge in [-0.2, -0.15) is 0 Å². The molecule has 1 aliphatic rings. The average Bonchev–Trinajstić information content (AvgIpc) is 2.62. The summed E-state index contributed by atoms with van der Waals surface area (Å²) in [5.41, 5.74) is 1.13. The number of piperazine rings is 1. The molecule has 0 saturated carbocycles. The minimum absolute atomic E-state index is 0. The van der Waals surface area contributed by atoms with Crippen LogP contribution in [0.5, 0.6) is 0 Å². The van der Waals surface area contributed by atoms with Crippen molar-refractivity contribution in [2.75, 3.05) is 57.0 Å². The fourth-order valence-corrected chi connectivity index (χ4v) is 3.47. The second-order valence-electron chi connectivity index (χ2n) is 5.73. The van der Waals surface area contributed by atoms with Crippen LogP contribution in [0.15, 0.2) is 29.3 Å². The van der Waals surface area contributed by atoms with Crippen molar-refractivity contribution in [2.45, 2.75) is 6.92 Å². The molecule has 0 aromatic heterocycles. The molecule has 1 fully saturated rings. The zero-order valence-corrected chi connectivity index (χ0v) is 19.0. The van der Waals surface area contributed by atoms with Gasteiger partial charge in [0.05, 0.1) is 5.75 Å². The maximum Gasteiger partial charge on any atom is 0.211 e. The van der Waals surface area contributed by atoms with E-state index in [4.69, 9.17) is 11.6 Å². The predicted octanol–water partition coefficient (Wildman–Crippen LogP) is 1.59. The topological polar surface area (TPSA) is 77.0 Å². The van der Waals surface area contributed by atoms with Gasteiger partial charge in [0, 0.05) is 57.0 Å². The zero-order chi connectivity index (χ0) is 18.3. The fraction of sp³-hybridized carbons (Fsp3) is 0.562. The maximum atomic E-state index is 11.4. The first-order valence-electron chi connectivity index (χ1n) is 8.38. The quantitative estimate of drug-likeness (QED) is 0.260. The number of anilines is 1. The average molecular weight is 516 g/mol. The van der Waals surface area contributed by atoms with E-state index < -0.39 is 10.0 Å². The van der Waals surface area contributed by atoms with Gasteiger partial charge >= 0.3 is 0 Å². The molecule has 2 rings (SSSR count). The summed E-state index contributed by atoms with van der Waals surface area (Å²) < 4.78 is 25.4. The molecule has 0 radical (unpaired) electrons. The number of hydrogen-bond donors (Lipinski definition) is 2. The minimum atomic E-state index is -3.15. The van der Waals surface area contributed by atoms with Gasteiger partial charge in [0.1, 0.15) is 0 Å². The van der Waals surface area contributed by atoms with Crippen LogP contribution in [0.1, 0.15) is 6.92 Å². The summed E-state index contributed by atoms with van der Waals surface area (Å²) in [6.07, 6.45) is 0. The van der Waals surface area contributed by atoms with Crippen LogP contribution in [0.25, 0.3) is 0 Å². The van der Waals surface area contributed by atoms with Gasteiger partial charge in [-0.05, 0) is 25.1 Å². The molecule has 0 amide bonds. The van der Waals surface area contributed by atoms with Crippen LogP contribution in [0.3, 0.4) is 0 Å². The van der Waals surface area contributed by atoms with E-state index >= 15 is 0 Å². The highest BCUT2D eigenvalue weighted by Gasteiger charge is 2.19. The van der Waals surface area contributed by atoms with Crippen molar-refractivity contribution in [1.82, 2.24) is 14.9 Å². The van der Waals surface area contributed by atoms with Crippen molar-refractivity contribution in [3.63, 3.8) is 0 Å². The summed E-state index contributed by atoms with van der Waals surface area (Å²) >= 11 is 6.06. The Morgan fingerprint density at radius 3 is 2.50 bits per heavy atom. The number of hydrogen-bond acceptors (Lipinski definition) is 4. The lowest BCUT2D eigenvalue weighted by molar-refractivity contribution is 0.373. The first kappa shape index (κ1) is 23.3. The van der Waals surface area contributed by atoms with Gasteiger partial charge < -0.3 is 15.1 Å². The summed E-state index contributed by atoms with van der Waals surface area (Å²) in [6.45, 7) is 5.90. The molecule has 0 aliphatic carbocycles. The van der Waals surface area contributed by atoms with Crippen molar-refractivity contribution >= 4 is 57.2 Å². The summed E-state index contributed by atoms with van der Waals surface area (Å²) in [7, 11) is -1.41. The Bertz CT molecular complexity index is 694. The SMILES string of the molecule is CCS(=O)(=O)NCCNC(=NC)N1CCN(c2cccc(Cl)c2)CC1.I. The van der Waals surface area contributed by atoms with E-state index in [0.29, 0.717) is 13.1 Å². The highest BCUT2D eigenvalue weighted by atomic mass is 127. The lowest BCUT2D eigenvalue weighted by Gasteiger charge is -2.37. The van der Waals surface area contributed by atoms with Crippen molar-refractivity contribution in [2.24, 2.45) is 4.99 Å². The molecular weight excluding hydrogens is 489 g/mol. The van der Waals surface area contributed by atoms with Crippen LogP contribution in [0.4, 0.5) is 5.69 Å². The first-order chi connectivity index (χ1) is 11.9. The molecule has 1 aliphatic heterocycles. The Morgan fingerprint density at radius 1 is 1.23 bits per heavy atom. The fourth-order valence-electron chi connectivity index (χ4n) is 2.66. The molecule has 0 atom stereocenters. The highest BCUT2D eigenvalue weighted by molar-refractivity contribution is 14.0. The molecule has 0 unspecified atom stereocenters. The van der Waals surface area contributed by atoms with E-state index in [9.17, 15) is 8.42 Å². The third-order valence-corrected chi connectivity index (χ3v) is 5.71. The number of aliphatic imine (C=N–C) groups is 1. The Morgan fingerprint density at radius 2 is 1.92 bits per heavy atom. The number of nitrogens with one attached hydrogen (secondary N) is 2. The van der Waals surface area contributed by atoms with Crippen LogP contribution >= 0.6 is 35.6 Å². The molecule has 0 spiro atoms. The number of sulfonamides is 1. The van der Waals surface area contributed by atoms with Gasteiger partial charge in [-0.25, -0.2) is 13.1 Å². The zero-order valence-electron chi connectivity index (χ0n) is 15.1. The summed E-state index contributed by atoms with van der Waals surface area (Å²) in [5.74, 6) is 0.883. The lowest BCUT2D eigenvalue weighted by atomic mass is 10.2. The van der Waals surface area contributed by atoms with Gasteiger partial charge in [0.25, 0.3) is 0 Å². The van der Waals surface area contributed by atoms with Gasteiger partial charge in [-0.3, -0.25) is 4.99 Å². The second-order valence-corrected chi connectivity index (χ2v) is 8.26. The van der Waals surface area contributed by atoms with E-state index in [1.807, 2.05) is 18.2 Å². The number of guanidine groups is 1. The monoisotopic (exact) mass is 515 g/mol. The molecule has 1 saturated heterocycles. The molecule has 1 aromatic rings. The van der Waals surface area contributed by atoms with E-state index in [0.717, 1.165) is 42.8 Å². The highest BCUT2D eigenvalue weighted by Crippen LogP contribution is 2.20. The number of halogens is 2. The molecule has 7 nitrogen and oxygen atoms in total. The van der Waals surface area contributed by atoms with E-state index in [1.165, 1.54) is 0 Å². The molecule has 148 valence electrons. The molecular formula is C16H27ClIN5O2S. The van der Waals surface area contributed by atoms with Gasteiger partial charge in [0.2, 0.25) is 10.0 Å². The third kappa shape index (κ3) is 7.09. The van der Waals surface area contributed by atoms with Crippen LogP contribution in [0.2, 0.25) is 5.02 Å². The molecule has 2 N–H and O–H groups in total. The normalized spacial score (nSPS) is 15.6. The molecule has 1 heterocycles. The van der Waals surface area contributed by atoms with Crippen molar-refractivity contribution in [3.05, 3.63) is 29.3 Å². The maximum absolute atomic E-state index is 11.4. The van der Waals surface area contributed by atoms with E-state index in [2.05, 4.69) is 30.9 Å². The third-order valence-electron chi connectivity index (χ3n) is 4.07. The Balaban J connectivity index is 0.00000338. The Labute approximate surface area is 178 Å². The van der Waals surface area contributed by atoms with Crippen molar-refractivity contribution < 1.29 is 8.42 Å². The Kier molecular flexibility index (Phi) is 9.98. The summed E-state index contributed by atoms with van der Waals surface area (Å²) in [4.78, 5) is 8.76. The minimum Gasteiger partial charge on any atom is -0.368 e. The van der Waals surface area contributed by atoms with Crippen LogP contribution in [0, 0.1) is 0 Å². The largest absolute Gasteiger partial charge is 0.368 e. The van der Waals surface area contributed by atoms with Crippen molar-refractivity contribution in [1.29, 1.82) is 0 Å². The molecule has 0 bridgehead atoms. The van der Waals surface area contributed by atoms with Gasteiger partial charge in [-0.15, -0.1) is 24.0 Å². The van der Waals surface area contributed by atoms with Crippen LogP contribution < -0.4 is 14.9 Å². The lowest BCUT2D eigenvalue weighted by Crippen LogP contribution is -2.53. The Hall–Kier alpha value is -0.780. The smallest absolute Gasteiger partial charge is 0.211 e. The summed E-state index contributed by atoms with van der Waals surface area (Å²) in [6, 6.07) is 7.88. The summed E-state index contributed by atoms with van der Waals surface area (Å²) in [5, 5.41) is 3.95. The van der Waals surface area contributed by atoms with E-state index in [1.54, 1.807) is 14.0 Å². The number of rotatable bonds is 6. The van der Waals surface area contributed by atoms with Crippen LogP contribution in [-0.2, 0) is 10.0 Å². The number of benzene rings is 1. The van der Waals surface area contributed by atoms with Gasteiger partial charge in [0.15, 0.2) is 5.96 Å². The molecule has 26 heavy (non-hydrogen) atoms. The standard InChI is InChI=1S/C16H26ClN5O2S.HI/c1-3-25(23,24)20-8-7-19-16(18-2)22-11-9-21(10-12-22)15-6-4-5-14(17)13-15;/h4-6,13,20H,3,7-12H2,1-2H3,(H,18,19);1H. The number of nitrogens with zero attached hydrogens (tertiary/aromatic N) is 3. The van der Waals surface area contributed by atoms with Gasteiger partial charge in [-0.1, -0.05) is 17.7 Å². The molecule has 10 heteroatoms. The molecule has 1 aromatic carbocycles. The van der Waals surface area contributed by atoms with E-state index in [-0.39, 0.29) is 29.7 Å². The first-order valence-corrected chi connectivity index (χ1v) is 10.4. The van der Waals surface area contributed by atoms with Crippen molar-refractivity contribution in [3.8, 4) is 0 Å². The van der Waals surface area contributed by atoms with Crippen LogP contribution in [-0.4, -0.2) is 71.3 Å². The second kappa shape index (κ2) is 11.2. The predicted molar refractivity (Wildman–Crippen MR) is 119 cm³/mol.